The molecule has 0 amide bonds. The molecule has 528 valence electrons. The number of unbranched alkanes of at least 4 members (excludes halogenated alkanes) is 35. The average molecular weight is 1310 g/mol. The predicted molar refractivity (Wildman–Crippen MR) is 358 cm³/mol. The van der Waals surface area contributed by atoms with Gasteiger partial charge in [-0.1, -0.05) is 299 Å². The molecule has 0 spiro atoms. The monoisotopic (exact) mass is 1310 g/mol. The van der Waals surface area contributed by atoms with Gasteiger partial charge in [0, 0.05) is 25.7 Å². The zero-order valence-corrected chi connectivity index (χ0v) is 59.7. The van der Waals surface area contributed by atoms with Crippen LogP contribution in [0.3, 0.4) is 0 Å². The first-order valence-corrected chi connectivity index (χ1v) is 39.4. The van der Waals surface area contributed by atoms with E-state index in [1.165, 1.54) is 154 Å². The summed E-state index contributed by atoms with van der Waals surface area (Å²) in [6.45, 7) is 11.8. The summed E-state index contributed by atoms with van der Waals surface area (Å²) in [7, 11) is -9.89. The van der Waals surface area contributed by atoms with Crippen LogP contribution in [-0.2, 0) is 65.4 Å². The molecule has 0 aliphatic heterocycles. The van der Waals surface area contributed by atoms with Crippen LogP contribution in [0, 0.1) is 17.8 Å². The van der Waals surface area contributed by atoms with Crippen LogP contribution in [0.25, 0.3) is 0 Å². The standard InChI is InChI=1S/C70H136O17P2/c1-8-10-11-34-44-51-67(72)80-57-65(86-70(75)54-47-40-33-27-26-29-36-42-49-62(5)6)59-84-88(76,77)82-55-64(71)56-83-89(78,79)85-60-66(58-81-68(73)52-45-38-31-24-20-17-16-18-22-28-35-41-48-61(3)4)87-69(74)53-46-39-32-25-21-15-13-12-14-19-23-30-37-43-50-63(7)9-2/h61-66,71H,8-60H2,1-7H3,(H,76,77)(H,78,79)/t63?,64-,65+,66+/m0/s1. The molecule has 0 rings (SSSR count). The molecule has 89 heavy (non-hydrogen) atoms. The topological polar surface area (TPSA) is 237 Å². The van der Waals surface area contributed by atoms with Gasteiger partial charge in [-0.15, -0.1) is 0 Å². The number of aliphatic hydroxyl groups excluding tert-OH is 1. The van der Waals surface area contributed by atoms with E-state index in [2.05, 4.69) is 48.5 Å². The molecular formula is C70H136O17P2. The summed E-state index contributed by atoms with van der Waals surface area (Å²) >= 11 is 0. The van der Waals surface area contributed by atoms with E-state index >= 15 is 0 Å². The molecule has 0 aliphatic rings. The molecule has 0 aromatic rings. The summed E-state index contributed by atoms with van der Waals surface area (Å²) in [5, 5.41) is 10.6. The van der Waals surface area contributed by atoms with Crippen molar-refractivity contribution >= 4 is 39.5 Å². The van der Waals surface area contributed by atoms with E-state index < -0.39 is 97.5 Å². The second kappa shape index (κ2) is 61.0. The summed E-state index contributed by atoms with van der Waals surface area (Å²) < 4.78 is 68.1. The van der Waals surface area contributed by atoms with Gasteiger partial charge >= 0.3 is 39.5 Å². The van der Waals surface area contributed by atoms with Crippen LogP contribution in [0.15, 0.2) is 0 Å². The van der Waals surface area contributed by atoms with Crippen LogP contribution in [0.4, 0.5) is 0 Å². The fraction of sp³-hybridized carbons (Fsp3) is 0.943. The van der Waals surface area contributed by atoms with Gasteiger partial charge in [0.05, 0.1) is 26.4 Å². The van der Waals surface area contributed by atoms with Crippen molar-refractivity contribution in [2.24, 2.45) is 17.8 Å². The minimum atomic E-state index is -4.95. The molecule has 0 fully saturated rings. The minimum absolute atomic E-state index is 0.103. The third kappa shape index (κ3) is 63.2. The number of hydrogen-bond acceptors (Lipinski definition) is 15. The number of phosphoric acid groups is 2. The highest BCUT2D eigenvalue weighted by molar-refractivity contribution is 7.47. The highest BCUT2D eigenvalue weighted by atomic mass is 31.2. The number of carbonyl (C=O) groups excluding carboxylic acids is 4. The van der Waals surface area contributed by atoms with Crippen molar-refractivity contribution in [1.82, 2.24) is 0 Å². The molecule has 0 aliphatic carbocycles. The van der Waals surface area contributed by atoms with Crippen LogP contribution in [0.1, 0.15) is 350 Å². The maximum Gasteiger partial charge on any atom is 0.472 e. The molecule has 0 aromatic heterocycles. The first-order chi connectivity index (χ1) is 42.8. The maximum atomic E-state index is 13.0. The second-order valence-electron chi connectivity index (χ2n) is 26.5. The minimum Gasteiger partial charge on any atom is -0.462 e. The van der Waals surface area contributed by atoms with Crippen molar-refractivity contribution in [3.05, 3.63) is 0 Å². The molecule has 3 N–H and O–H groups in total. The maximum absolute atomic E-state index is 13.0. The van der Waals surface area contributed by atoms with Gasteiger partial charge in [0.1, 0.15) is 19.3 Å². The van der Waals surface area contributed by atoms with Gasteiger partial charge in [0.2, 0.25) is 0 Å². The molecule has 0 radical (unpaired) electrons. The van der Waals surface area contributed by atoms with E-state index in [-0.39, 0.29) is 25.7 Å². The van der Waals surface area contributed by atoms with E-state index in [9.17, 15) is 43.2 Å². The van der Waals surface area contributed by atoms with Crippen molar-refractivity contribution in [3.8, 4) is 0 Å². The van der Waals surface area contributed by atoms with Crippen LogP contribution < -0.4 is 0 Å². The van der Waals surface area contributed by atoms with E-state index in [1.807, 2.05) is 0 Å². The van der Waals surface area contributed by atoms with Crippen LogP contribution in [-0.4, -0.2) is 96.7 Å². The molecule has 0 heterocycles. The lowest BCUT2D eigenvalue weighted by Gasteiger charge is -2.21. The molecule has 0 bridgehead atoms. The Hall–Kier alpha value is -1.94. The van der Waals surface area contributed by atoms with E-state index in [1.54, 1.807) is 0 Å². The number of hydrogen-bond donors (Lipinski definition) is 3. The molecule has 6 atom stereocenters. The van der Waals surface area contributed by atoms with Crippen LogP contribution >= 0.6 is 15.6 Å². The Labute approximate surface area is 543 Å². The zero-order chi connectivity index (χ0) is 65.9. The number of aliphatic hydroxyl groups is 1. The Balaban J connectivity index is 5.16. The summed E-state index contributed by atoms with van der Waals surface area (Å²) in [5.41, 5.74) is 0. The van der Waals surface area contributed by atoms with Gasteiger partial charge in [-0.3, -0.25) is 37.3 Å². The fourth-order valence-corrected chi connectivity index (χ4v) is 12.1. The van der Waals surface area contributed by atoms with Gasteiger partial charge in [-0.2, -0.15) is 0 Å². The molecule has 0 saturated heterocycles. The molecular weight excluding hydrogens is 1170 g/mol. The predicted octanol–water partition coefficient (Wildman–Crippen LogP) is 19.8. The van der Waals surface area contributed by atoms with E-state index in [0.29, 0.717) is 25.7 Å². The van der Waals surface area contributed by atoms with Crippen molar-refractivity contribution < 1.29 is 80.2 Å². The van der Waals surface area contributed by atoms with Crippen molar-refractivity contribution in [2.75, 3.05) is 39.6 Å². The summed E-state index contributed by atoms with van der Waals surface area (Å²) in [4.78, 5) is 72.3. The quantitative estimate of drug-likeness (QED) is 0.0222. The van der Waals surface area contributed by atoms with Crippen molar-refractivity contribution in [2.45, 2.75) is 369 Å². The number of ether oxygens (including phenoxy) is 4. The van der Waals surface area contributed by atoms with Crippen LogP contribution in [0.5, 0.6) is 0 Å². The normalized spacial score (nSPS) is 14.5. The summed E-state index contributed by atoms with van der Waals surface area (Å²) in [5.74, 6) is 0.208. The van der Waals surface area contributed by atoms with Gasteiger partial charge in [0.15, 0.2) is 12.2 Å². The number of esters is 4. The molecule has 19 heteroatoms. The molecule has 0 saturated carbocycles. The smallest absolute Gasteiger partial charge is 0.462 e. The Morgan fingerprint density at radius 2 is 0.573 bits per heavy atom. The lowest BCUT2D eigenvalue weighted by molar-refractivity contribution is -0.161. The Bertz CT molecular complexity index is 1750. The van der Waals surface area contributed by atoms with Crippen molar-refractivity contribution in [1.29, 1.82) is 0 Å². The Morgan fingerprint density at radius 3 is 0.854 bits per heavy atom. The Morgan fingerprint density at radius 1 is 0.326 bits per heavy atom. The molecule has 0 aromatic carbocycles. The SMILES string of the molecule is CCCCCCCC(=O)OC[C@H](COP(=O)(O)OC[C@H](O)COP(=O)(O)OC[C@@H](COC(=O)CCCCCCCCCCCCCCC(C)C)OC(=O)CCCCCCCCCCCCCCCCC(C)CC)OC(=O)CCCCCCCCCCC(C)C. The first-order valence-electron chi connectivity index (χ1n) is 36.4. The van der Waals surface area contributed by atoms with Crippen molar-refractivity contribution in [3.63, 3.8) is 0 Å². The van der Waals surface area contributed by atoms with Gasteiger partial charge < -0.3 is 33.8 Å². The summed E-state index contributed by atoms with van der Waals surface area (Å²) in [6.07, 6.45) is 44.8. The lowest BCUT2D eigenvalue weighted by atomic mass is 9.99. The molecule has 17 nitrogen and oxygen atoms in total. The molecule has 3 unspecified atom stereocenters. The fourth-order valence-electron chi connectivity index (χ4n) is 10.5. The Kier molecular flexibility index (Phi) is 59.6. The zero-order valence-electron chi connectivity index (χ0n) is 57.9. The largest absolute Gasteiger partial charge is 0.472 e. The number of carbonyl (C=O) groups is 4. The first kappa shape index (κ1) is 87.1. The highest BCUT2D eigenvalue weighted by Crippen LogP contribution is 2.45. The lowest BCUT2D eigenvalue weighted by Crippen LogP contribution is -2.30. The third-order valence-corrected chi connectivity index (χ3v) is 18.4. The third-order valence-electron chi connectivity index (χ3n) is 16.5. The van der Waals surface area contributed by atoms with E-state index in [4.69, 9.17) is 37.0 Å². The number of rotatable bonds is 68. The second-order valence-corrected chi connectivity index (χ2v) is 29.4. The van der Waals surface area contributed by atoms with Gasteiger partial charge in [-0.25, -0.2) is 9.13 Å². The van der Waals surface area contributed by atoms with Gasteiger partial charge in [0.25, 0.3) is 0 Å². The van der Waals surface area contributed by atoms with E-state index in [0.717, 1.165) is 114 Å². The average Bonchev–Trinajstić information content (AvgIpc) is 3.71. The summed E-state index contributed by atoms with van der Waals surface area (Å²) in [6, 6.07) is 0. The van der Waals surface area contributed by atoms with Gasteiger partial charge in [-0.05, 0) is 43.4 Å². The highest BCUT2D eigenvalue weighted by Gasteiger charge is 2.30. The number of phosphoric ester groups is 2. The van der Waals surface area contributed by atoms with Crippen LogP contribution in [0.2, 0.25) is 0 Å².